The molecule has 0 N–H and O–H groups in total. The smallest absolute Gasteiger partial charge is 0.339 e. The molecule has 0 spiro atoms. The van der Waals surface area contributed by atoms with Gasteiger partial charge in [0, 0.05) is 31.7 Å². The molecule has 4 nitrogen and oxygen atoms in total. The SMILES string of the molecule is O=C(c1ccc(C(F)(F)F)cc1)N1CCN(C(=O)C23CC4CC(CC(C4)C2)C3)CC1. The number of nitrogens with zero attached hydrogens (tertiary/aromatic N) is 2. The number of piperazine rings is 1. The van der Waals surface area contributed by atoms with E-state index in [0.29, 0.717) is 43.9 Å². The van der Waals surface area contributed by atoms with Crippen LogP contribution in [0.4, 0.5) is 13.2 Å². The van der Waals surface area contributed by atoms with Gasteiger partial charge in [0.15, 0.2) is 0 Å². The number of carbonyl (C=O) groups excluding carboxylic acids is 2. The minimum absolute atomic E-state index is 0.172. The average molecular weight is 420 g/mol. The average Bonchev–Trinajstić information content (AvgIpc) is 2.71. The maximum absolute atomic E-state index is 13.4. The summed E-state index contributed by atoms with van der Waals surface area (Å²) in [5.74, 6) is 2.14. The van der Waals surface area contributed by atoms with Gasteiger partial charge in [0.05, 0.1) is 11.0 Å². The minimum Gasteiger partial charge on any atom is -0.339 e. The summed E-state index contributed by atoms with van der Waals surface area (Å²) in [7, 11) is 0. The lowest BCUT2D eigenvalue weighted by Gasteiger charge is -2.57. The number of amides is 2. The number of carbonyl (C=O) groups is 2. The molecule has 162 valence electrons. The molecule has 0 atom stereocenters. The van der Waals surface area contributed by atoms with Crippen molar-refractivity contribution in [3.8, 4) is 0 Å². The predicted octanol–water partition coefficient (Wildman–Crippen LogP) is 4.21. The highest BCUT2D eigenvalue weighted by molar-refractivity contribution is 5.94. The third-order valence-corrected chi connectivity index (χ3v) is 7.81. The summed E-state index contributed by atoms with van der Waals surface area (Å²) in [6.45, 7) is 1.87. The Labute approximate surface area is 174 Å². The Morgan fingerprint density at radius 2 is 1.27 bits per heavy atom. The van der Waals surface area contributed by atoms with E-state index in [4.69, 9.17) is 0 Å². The number of alkyl halides is 3. The first-order chi connectivity index (χ1) is 14.2. The molecule has 4 aliphatic carbocycles. The Hall–Kier alpha value is -2.05. The lowest BCUT2D eigenvalue weighted by Crippen LogP contribution is -2.58. The van der Waals surface area contributed by atoms with E-state index in [-0.39, 0.29) is 22.8 Å². The van der Waals surface area contributed by atoms with Crippen LogP contribution in [0.2, 0.25) is 0 Å². The van der Waals surface area contributed by atoms with E-state index in [1.165, 1.54) is 31.4 Å². The van der Waals surface area contributed by atoms with E-state index >= 15 is 0 Å². The van der Waals surface area contributed by atoms with Crippen molar-refractivity contribution in [2.24, 2.45) is 23.2 Å². The number of halogens is 3. The quantitative estimate of drug-likeness (QED) is 0.719. The van der Waals surface area contributed by atoms with Crippen molar-refractivity contribution < 1.29 is 22.8 Å². The van der Waals surface area contributed by atoms with Gasteiger partial charge in [-0.3, -0.25) is 9.59 Å². The lowest BCUT2D eigenvalue weighted by molar-refractivity contribution is -0.159. The van der Waals surface area contributed by atoms with E-state index in [0.717, 1.165) is 31.4 Å². The highest BCUT2D eigenvalue weighted by Crippen LogP contribution is 2.60. The molecule has 1 aromatic rings. The van der Waals surface area contributed by atoms with Gasteiger partial charge in [-0.15, -0.1) is 0 Å². The molecule has 1 aliphatic heterocycles. The third-order valence-electron chi connectivity index (χ3n) is 7.81. The van der Waals surface area contributed by atoms with Crippen molar-refractivity contribution in [1.82, 2.24) is 9.80 Å². The fraction of sp³-hybridized carbons (Fsp3) is 0.652. The topological polar surface area (TPSA) is 40.6 Å². The maximum atomic E-state index is 13.4. The summed E-state index contributed by atoms with van der Waals surface area (Å²) >= 11 is 0. The number of benzene rings is 1. The minimum atomic E-state index is -4.41. The number of hydrogen-bond donors (Lipinski definition) is 0. The summed E-state index contributed by atoms with van der Waals surface area (Å²) in [5.41, 5.74) is -0.678. The molecule has 0 radical (unpaired) electrons. The van der Waals surface area contributed by atoms with Crippen molar-refractivity contribution in [2.45, 2.75) is 44.7 Å². The van der Waals surface area contributed by atoms with Crippen LogP contribution in [-0.2, 0) is 11.0 Å². The van der Waals surface area contributed by atoms with Crippen LogP contribution < -0.4 is 0 Å². The molecule has 1 saturated heterocycles. The van der Waals surface area contributed by atoms with Gasteiger partial charge in [-0.1, -0.05) is 0 Å². The summed E-state index contributed by atoms with van der Waals surface area (Å²) in [6.07, 6.45) is 2.56. The molecule has 7 heteroatoms. The van der Waals surface area contributed by atoms with Gasteiger partial charge in [0.25, 0.3) is 5.91 Å². The van der Waals surface area contributed by atoms with E-state index in [1.807, 2.05) is 4.90 Å². The van der Waals surface area contributed by atoms with Gasteiger partial charge in [-0.2, -0.15) is 13.2 Å². The monoisotopic (exact) mass is 420 g/mol. The van der Waals surface area contributed by atoms with Crippen LogP contribution in [-0.4, -0.2) is 47.8 Å². The zero-order valence-electron chi connectivity index (χ0n) is 17.0. The van der Waals surface area contributed by atoms with Crippen molar-refractivity contribution in [3.63, 3.8) is 0 Å². The molecule has 30 heavy (non-hydrogen) atoms. The fourth-order valence-corrected chi connectivity index (χ4v) is 6.80. The predicted molar refractivity (Wildman–Crippen MR) is 105 cm³/mol. The molecule has 1 aromatic carbocycles. The van der Waals surface area contributed by atoms with Crippen LogP contribution in [0.15, 0.2) is 24.3 Å². The van der Waals surface area contributed by atoms with Gasteiger partial charge < -0.3 is 9.80 Å². The first kappa shape index (κ1) is 19.9. The molecule has 1 heterocycles. The molecule has 4 bridgehead atoms. The van der Waals surface area contributed by atoms with Crippen molar-refractivity contribution >= 4 is 11.8 Å². The third kappa shape index (κ3) is 3.40. The van der Waals surface area contributed by atoms with Crippen LogP contribution in [0.3, 0.4) is 0 Å². The van der Waals surface area contributed by atoms with Crippen LogP contribution in [0.25, 0.3) is 0 Å². The number of rotatable bonds is 2. The molecule has 6 rings (SSSR count). The second-order valence-corrected chi connectivity index (χ2v) is 9.86. The fourth-order valence-electron chi connectivity index (χ4n) is 6.80. The molecule has 5 aliphatic rings. The van der Waals surface area contributed by atoms with E-state index < -0.39 is 11.7 Å². The zero-order chi connectivity index (χ0) is 21.1. The van der Waals surface area contributed by atoms with Crippen LogP contribution >= 0.6 is 0 Å². The van der Waals surface area contributed by atoms with Crippen molar-refractivity contribution in [3.05, 3.63) is 35.4 Å². The molecule has 4 saturated carbocycles. The first-order valence-corrected chi connectivity index (χ1v) is 11.0. The highest BCUT2D eigenvalue weighted by Gasteiger charge is 2.55. The Bertz CT molecular complexity index is 806. The van der Waals surface area contributed by atoms with Gasteiger partial charge in [-0.05, 0) is 80.5 Å². The van der Waals surface area contributed by atoms with Gasteiger partial charge in [0.1, 0.15) is 0 Å². The van der Waals surface area contributed by atoms with Crippen molar-refractivity contribution in [2.75, 3.05) is 26.2 Å². The Kier molecular flexibility index (Phi) is 4.63. The molecule has 5 fully saturated rings. The Morgan fingerprint density at radius 3 is 1.73 bits per heavy atom. The standard InChI is InChI=1S/C23H27F3N2O2/c24-23(25,26)19-3-1-18(2-4-19)20(29)27-5-7-28(8-6-27)21(30)22-12-15-9-16(13-22)11-17(10-15)14-22/h1-4,15-17H,5-14H2. The van der Waals surface area contributed by atoms with Crippen molar-refractivity contribution in [1.29, 1.82) is 0 Å². The van der Waals surface area contributed by atoms with Crippen LogP contribution in [0, 0.1) is 23.2 Å². The lowest BCUT2D eigenvalue weighted by atomic mass is 9.49. The largest absolute Gasteiger partial charge is 0.416 e. The second kappa shape index (κ2) is 6.99. The molecular formula is C23H27F3N2O2. The molecule has 0 unspecified atom stereocenters. The van der Waals surface area contributed by atoms with Crippen LogP contribution in [0.1, 0.15) is 54.4 Å². The Morgan fingerprint density at radius 1 is 0.800 bits per heavy atom. The molecule has 2 amide bonds. The van der Waals surface area contributed by atoms with Gasteiger partial charge in [0.2, 0.25) is 5.91 Å². The first-order valence-electron chi connectivity index (χ1n) is 11.0. The van der Waals surface area contributed by atoms with E-state index in [9.17, 15) is 22.8 Å². The van der Waals surface area contributed by atoms with Gasteiger partial charge >= 0.3 is 6.18 Å². The summed E-state index contributed by atoms with van der Waals surface area (Å²) in [4.78, 5) is 29.7. The molecular weight excluding hydrogens is 393 g/mol. The van der Waals surface area contributed by atoms with Crippen LogP contribution in [0.5, 0.6) is 0 Å². The Balaban J connectivity index is 1.21. The van der Waals surface area contributed by atoms with E-state index in [1.54, 1.807) is 4.90 Å². The molecule has 0 aromatic heterocycles. The van der Waals surface area contributed by atoms with E-state index in [2.05, 4.69) is 0 Å². The number of hydrogen-bond acceptors (Lipinski definition) is 2. The highest BCUT2D eigenvalue weighted by atomic mass is 19.4. The summed E-state index contributed by atoms with van der Waals surface area (Å²) in [6, 6.07) is 4.36. The summed E-state index contributed by atoms with van der Waals surface area (Å²) in [5, 5.41) is 0. The summed E-state index contributed by atoms with van der Waals surface area (Å²) < 4.78 is 38.2. The maximum Gasteiger partial charge on any atom is 0.416 e. The normalized spacial score (nSPS) is 33.1. The van der Waals surface area contributed by atoms with Gasteiger partial charge in [-0.25, -0.2) is 0 Å². The second-order valence-electron chi connectivity index (χ2n) is 9.86. The zero-order valence-corrected chi connectivity index (χ0v) is 17.0.